The summed E-state index contributed by atoms with van der Waals surface area (Å²) in [7, 11) is 0. The lowest BCUT2D eigenvalue weighted by molar-refractivity contribution is 0.391. The minimum absolute atomic E-state index is 0.302. The Labute approximate surface area is 159 Å². The highest BCUT2D eigenvalue weighted by Gasteiger charge is 2.13. The smallest absolute Gasteiger partial charge is 0.237 e. The first kappa shape index (κ1) is 17.4. The normalized spacial score (nSPS) is 11.1. The van der Waals surface area contributed by atoms with E-state index in [1.165, 1.54) is 29.5 Å². The van der Waals surface area contributed by atoms with Gasteiger partial charge in [-0.1, -0.05) is 34.6 Å². The molecule has 8 heteroatoms. The molecule has 2 aromatic carbocycles. The number of thioether (sulfide) groups is 1. The zero-order chi connectivity index (χ0) is 18.8. The van der Waals surface area contributed by atoms with E-state index in [4.69, 9.17) is 4.52 Å². The molecule has 0 amide bonds. The van der Waals surface area contributed by atoms with Crippen molar-refractivity contribution in [1.29, 1.82) is 0 Å². The second-order valence-electron chi connectivity index (χ2n) is 6.08. The van der Waals surface area contributed by atoms with Crippen molar-refractivity contribution in [2.24, 2.45) is 0 Å². The lowest BCUT2D eigenvalue weighted by Crippen LogP contribution is -1.98. The van der Waals surface area contributed by atoms with E-state index in [9.17, 15) is 4.39 Å². The summed E-state index contributed by atoms with van der Waals surface area (Å²) in [6.07, 6.45) is 1.69. The van der Waals surface area contributed by atoms with Crippen molar-refractivity contribution in [1.82, 2.24) is 24.9 Å². The van der Waals surface area contributed by atoms with E-state index in [1.807, 2.05) is 4.57 Å². The maximum Gasteiger partial charge on any atom is 0.237 e. The highest BCUT2D eigenvalue weighted by molar-refractivity contribution is 7.98. The van der Waals surface area contributed by atoms with Crippen LogP contribution < -0.4 is 0 Å². The minimum Gasteiger partial charge on any atom is -0.338 e. The van der Waals surface area contributed by atoms with Crippen molar-refractivity contribution in [3.8, 4) is 17.1 Å². The SMILES string of the molecule is Cc1ccc(-n2cnnc2SCc2nc(-c3ccc(F)cc3)no2)c(C)c1. The molecule has 0 N–H and O–H groups in total. The van der Waals surface area contributed by atoms with Gasteiger partial charge in [-0.25, -0.2) is 4.39 Å². The summed E-state index contributed by atoms with van der Waals surface area (Å²) in [4.78, 5) is 4.36. The summed E-state index contributed by atoms with van der Waals surface area (Å²) in [5.41, 5.74) is 4.09. The van der Waals surface area contributed by atoms with Crippen LogP contribution in [-0.4, -0.2) is 24.9 Å². The Hall–Kier alpha value is -3.00. The van der Waals surface area contributed by atoms with Crippen LogP contribution in [0.1, 0.15) is 17.0 Å². The van der Waals surface area contributed by atoms with E-state index >= 15 is 0 Å². The first-order valence-corrected chi connectivity index (χ1v) is 9.28. The van der Waals surface area contributed by atoms with Crippen molar-refractivity contribution in [3.05, 3.63) is 71.6 Å². The number of rotatable bonds is 5. The van der Waals surface area contributed by atoms with Crippen molar-refractivity contribution >= 4 is 11.8 Å². The summed E-state index contributed by atoms with van der Waals surface area (Å²) in [5.74, 6) is 1.05. The van der Waals surface area contributed by atoms with Gasteiger partial charge < -0.3 is 4.52 Å². The van der Waals surface area contributed by atoms with Crippen molar-refractivity contribution in [2.45, 2.75) is 24.8 Å². The number of aromatic nitrogens is 5. The molecule has 4 rings (SSSR count). The number of halogens is 1. The Morgan fingerprint density at radius 1 is 1.11 bits per heavy atom. The predicted molar refractivity (Wildman–Crippen MR) is 100 cm³/mol. The molecule has 0 saturated carbocycles. The molecule has 0 bridgehead atoms. The molecule has 0 fully saturated rings. The van der Waals surface area contributed by atoms with Crippen molar-refractivity contribution in [2.75, 3.05) is 0 Å². The van der Waals surface area contributed by atoms with Crippen LogP contribution in [0, 0.1) is 19.7 Å². The quantitative estimate of drug-likeness (QED) is 0.478. The van der Waals surface area contributed by atoms with Crippen LogP contribution in [0.5, 0.6) is 0 Å². The van der Waals surface area contributed by atoms with Gasteiger partial charge in [-0.2, -0.15) is 4.98 Å². The molecule has 0 aliphatic heterocycles. The summed E-state index contributed by atoms with van der Waals surface area (Å²) >= 11 is 1.46. The fourth-order valence-electron chi connectivity index (χ4n) is 2.72. The first-order chi connectivity index (χ1) is 13.1. The third kappa shape index (κ3) is 3.75. The standard InChI is InChI=1S/C19H16FN5OS/c1-12-3-8-16(13(2)9-12)25-11-21-23-19(25)27-10-17-22-18(24-26-17)14-4-6-15(20)7-5-14/h3-9,11H,10H2,1-2H3. The van der Waals surface area contributed by atoms with Crippen LogP contribution in [0.3, 0.4) is 0 Å². The second-order valence-corrected chi connectivity index (χ2v) is 7.02. The molecule has 4 aromatic rings. The minimum atomic E-state index is -0.302. The van der Waals surface area contributed by atoms with Crippen LogP contribution in [0.25, 0.3) is 17.1 Å². The molecule has 0 unspecified atom stereocenters. The van der Waals surface area contributed by atoms with Gasteiger partial charge in [0, 0.05) is 5.56 Å². The molecule has 0 radical (unpaired) electrons. The van der Waals surface area contributed by atoms with Crippen LogP contribution in [0.15, 0.2) is 58.5 Å². The Morgan fingerprint density at radius 2 is 1.93 bits per heavy atom. The van der Waals surface area contributed by atoms with Gasteiger partial charge in [0.2, 0.25) is 11.7 Å². The summed E-state index contributed by atoms with van der Waals surface area (Å²) in [5, 5.41) is 12.9. The van der Waals surface area contributed by atoms with Gasteiger partial charge in [0.1, 0.15) is 12.1 Å². The monoisotopic (exact) mass is 381 g/mol. The van der Waals surface area contributed by atoms with E-state index in [0.29, 0.717) is 23.0 Å². The Morgan fingerprint density at radius 3 is 2.70 bits per heavy atom. The van der Waals surface area contributed by atoms with E-state index in [-0.39, 0.29) is 5.82 Å². The van der Waals surface area contributed by atoms with Gasteiger partial charge in [-0.15, -0.1) is 10.2 Å². The van der Waals surface area contributed by atoms with Crippen LogP contribution in [0.2, 0.25) is 0 Å². The van der Waals surface area contributed by atoms with Gasteiger partial charge in [0.25, 0.3) is 0 Å². The molecule has 2 aromatic heterocycles. The molecular weight excluding hydrogens is 365 g/mol. The van der Waals surface area contributed by atoms with E-state index < -0.39 is 0 Å². The second kappa shape index (κ2) is 7.32. The Balaban J connectivity index is 1.50. The Kier molecular flexibility index (Phi) is 4.72. The van der Waals surface area contributed by atoms with E-state index in [0.717, 1.165) is 16.4 Å². The lowest BCUT2D eigenvalue weighted by atomic mass is 10.1. The van der Waals surface area contributed by atoms with Gasteiger partial charge in [0.15, 0.2) is 5.16 Å². The van der Waals surface area contributed by atoms with Crippen LogP contribution >= 0.6 is 11.8 Å². The molecule has 0 spiro atoms. The number of hydrogen-bond donors (Lipinski definition) is 0. The molecule has 2 heterocycles. The van der Waals surface area contributed by atoms with Crippen LogP contribution in [-0.2, 0) is 5.75 Å². The molecule has 27 heavy (non-hydrogen) atoms. The largest absolute Gasteiger partial charge is 0.338 e. The molecule has 0 aliphatic rings. The van der Waals surface area contributed by atoms with E-state index in [1.54, 1.807) is 18.5 Å². The fraction of sp³-hybridized carbons (Fsp3) is 0.158. The summed E-state index contributed by atoms with van der Waals surface area (Å²) in [6.45, 7) is 4.12. The lowest BCUT2D eigenvalue weighted by Gasteiger charge is -2.09. The summed E-state index contributed by atoms with van der Waals surface area (Å²) in [6, 6.07) is 12.2. The number of nitrogens with zero attached hydrogens (tertiary/aromatic N) is 5. The average molecular weight is 381 g/mol. The number of aryl methyl sites for hydroxylation is 2. The molecule has 0 aliphatic carbocycles. The number of hydrogen-bond acceptors (Lipinski definition) is 6. The first-order valence-electron chi connectivity index (χ1n) is 8.29. The maximum absolute atomic E-state index is 13.0. The van der Waals surface area contributed by atoms with Crippen molar-refractivity contribution in [3.63, 3.8) is 0 Å². The predicted octanol–water partition coefficient (Wildman–Crippen LogP) is 4.37. The zero-order valence-corrected chi connectivity index (χ0v) is 15.6. The topological polar surface area (TPSA) is 69.6 Å². The van der Waals surface area contributed by atoms with Crippen molar-refractivity contribution < 1.29 is 8.91 Å². The summed E-state index contributed by atoms with van der Waals surface area (Å²) < 4.78 is 20.3. The molecular formula is C19H16FN5OS. The fourth-order valence-corrected chi connectivity index (χ4v) is 3.48. The number of benzene rings is 2. The highest BCUT2D eigenvalue weighted by Crippen LogP contribution is 2.26. The zero-order valence-electron chi connectivity index (χ0n) is 14.8. The molecule has 6 nitrogen and oxygen atoms in total. The molecule has 0 atom stereocenters. The van der Waals surface area contributed by atoms with Gasteiger partial charge >= 0.3 is 0 Å². The average Bonchev–Trinajstić information content (AvgIpc) is 3.30. The van der Waals surface area contributed by atoms with Crippen LogP contribution in [0.4, 0.5) is 4.39 Å². The highest BCUT2D eigenvalue weighted by atomic mass is 32.2. The molecule has 0 saturated heterocycles. The Bertz CT molecular complexity index is 1070. The van der Waals surface area contributed by atoms with Gasteiger partial charge in [-0.3, -0.25) is 4.57 Å². The maximum atomic E-state index is 13.0. The van der Waals surface area contributed by atoms with Gasteiger partial charge in [0.05, 0.1) is 11.4 Å². The molecule has 136 valence electrons. The van der Waals surface area contributed by atoms with E-state index in [2.05, 4.69) is 52.4 Å². The third-order valence-corrected chi connectivity index (χ3v) is 4.95. The third-order valence-electron chi connectivity index (χ3n) is 4.02. The van der Waals surface area contributed by atoms with Gasteiger partial charge in [-0.05, 0) is 49.7 Å².